The quantitative estimate of drug-likeness (QED) is 0.523. The molecule has 32 heavy (non-hydrogen) atoms. The van der Waals surface area contributed by atoms with Gasteiger partial charge in [-0.15, -0.1) is 0 Å². The molecule has 1 amide bonds. The van der Waals surface area contributed by atoms with Crippen LogP contribution in [0, 0.1) is 18.8 Å². The third-order valence-electron chi connectivity index (χ3n) is 5.73. The molecular weight excluding hydrogens is 443 g/mol. The Bertz CT molecular complexity index is 953. The van der Waals surface area contributed by atoms with Crippen LogP contribution in [0.2, 0.25) is 10.0 Å². The summed E-state index contributed by atoms with van der Waals surface area (Å²) >= 11 is 12.6. The molecule has 1 saturated heterocycles. The van der Waals surface area contributed by atoms with E-state index in [9.17, 15) is 4.79 Å². The van der Waals surface area contributed by atoms with Crippen LogP contribution in [0.5, 0.6) is 0 Å². The van der Waals surface area contributed by atoms with Gasteiger partial charge in [-0.05, 0) is 36.5 Å². The second-order valence-electron chi connectivity index (χ2n) is 9.50. The molecule has 1 fully saturated rings. The average Bonchev–Trinajstić information content (AvgIpc) is 2.70. The summed E-state index contributed by atoms with van der Waals surface area (Å²) in [6.45, 7) is 13.6. The van der Waals surface area contributed by atoms with Crippen molar-refractivity contribution in [2.45, 2.75) is 53.9 Å². The first-order valence-electron chi connectivity index (χ1n) is 11.5. The molecule has 0 bridgehead atoms. The van der Waals surface area contributed by atoms with Gasteiger partial charge in [0.1, 0.15) is 11.6 Å². The molecule has 2 aromatic rings. The Balaban J connectivity index is 1.89. The predicted molar refractivity (Wildman–Crippen MR) is 133 cm³/mol. The molecular formula is C25H34Cl2N4O. The number of rotatable bonds is 7. The fraction of sp³-hybridized carbons (Fsp3) is 0.560. The minimum atomic E-state index is 0.243. The molecule has 0 aliphatic carbocycles. The third-order valence-corrected chi connectivity index (χ3v) is 6.31. The fourth-order valence-corrected chi connectivity index (χ4v) is 4.54. The molecule has 1 aliphatic heterocycles. The number of halogens is 2. The van der Waals surface area contributed by atoms with Crippen molar-refractivity contribution >= 4 is 34.9 Å². The van der Waals surface area contributed by atoms with E-state index in [0.717, 1.165) is 61.1 Å². The number of carbonyl (C=O) groups excluding carboxylic acids is 1. The Morgan fingerprint density at radius 3 is 2.31 bits per heavy atom. The van der Waals surface area contributed by atoms with Crippen LogP contribution in [0.15, 0.2) is 18.2 Å². The second kappa shape index (κ2) is 10.8. The molecule has 7 heteroatoms. The van der Waals surface area contributed by atoms with Crippen molar-refractivity contribution in [1.29, 1.82) is 0 Å². The van der Waals surface area contributed by atoms with Gasteiger partial charge in [-0.1, -0.05) is 57.0 Å². The summed E-state index contributed by atoms with van der Waals surface area (Å²) in [5.41, 5.74) is 3.07. The van der Waals surface area contributed by atoms with E-state index in [1.165, 1.54) is 0 Å². The zero-order valence-corrected chi connectivity index (χ0v) is 21.3. The van der Waals surface area contributed by atoms with Crippen LogP contribution in [-0.2, 0) is 17.6 Å². The molecule has 0 radical (unpaired) electrons. The number of nitrogens with zero attached hydrogens (tertiary/aromatic N) is 4. The van der Waals surface area contributed by atoms with Crippen molar-refractivity contribution in [3.8, 4) is 0 Å². The lowest BCUT2D eigenvalue weighted by atomic mass is 10.0. The van der Waals surface area contributed by atoms with Crippen molar-refractivity contribution in [3.63, 3.8) is 0 Å². The number of amides is 1. The molecule has 1 aromatic heterocycles. The number of aryl methyl sites for hydroxylation is 1. The van der Waals surface area contributed by atoms with Crippen LogP contribution >= 0.6 is 23.2 Å². The molecule has 0 unspecified atom stereocenters. The van der Waals surface area contributed by atoms with Crippen molar-refractivity contribution in [3.05, 3.63) is 50.9 Å². The monoisotopic (exact) mass is 476 g/mol. The smallest absolute Gasteiger partial charge is 0.222 e. The Hall–Kier alpha value is -1.85. The van der Waals surface area contributed by atoms with Crippen LogP contribution in [0.1, 0.15) is 56.8 Å². The first-order chi connectivity index (χ1) is 15.1. The van der Waals surface area contributed by atoms with Gasteiger partial charge in [0, 0.05) is 66.7 Å². The van der Waals surface area contributed by atoms with E-state index in [0.29, 0.717) is 34.7 Å². The van der Waals surface area contributed by atoms with E-state index >= 15 is 0 Å². The minimum Gasteiger partial charge on any atom is -0.353 e. The van der Waals surface area contributed by atoms with Gasteiger partial charge in [0.05, 0.1) is 0 Å². The highest BCUT2D eigenvalue weighted by atomic mass is 35.5. The minimum absolute atomic E-state index is 0.243. The Morgan fingerprint density at radius 2 is 1.72 bits per heavy atom. The summed E-state index contributed by atoms with van der Waals surface area (Å²) in [5.74, 6) is 2.93. The highest BCUT2D eigenvalue weighted by Gasteiger charge is 2.25. The number of hydrogen-bond acceptors (Lipinski definition) is 4. The zero-order chi connectivity index (χ0) is 23.4. The molecule has 0 atom stereocenters. The van der Waals surface area contributed by atoms with E-state index < -0.39 is 0 Å². The lowest BCUT2D eigenvalue weighted by Crippen LogP contribution is -2.49. The number of aromatic nitrogens is 2. The first kappa shape index (κ1) is 24.8. The highest BCUT2D eigenvalue weighted by Crippen LogP contribution is 2.29. The summed E-state index contributed by atoms with van der Waals surface area (Å²) in [6, 6.07) is 5.61. The van der Waals surface area contributed by atoms with Gasteiger partial charge in [-0.3, -0.25) is 4.79 Å². The van der Waals surface area contributed by atoms with Crippen LogP contribution < -0.4 is 4.90 Å². The second-order valence-corrected chi connectivity index (χ2v) is 10.3. The number of benzene rings is 1. The Morgan fingerprint density at radius 1 is 1.03 bits per heavy atom. The number of carbonyl (C=O) groups is 1. The van der Waals surface area contributed by atoms with E-state index in [1.54, 1.807) is 6.07 Å². The van der Waals surface area contributed by atoms with Gasteiger partial charge in [0.25, 0.3) is 0 Å². The largest absolute Gasteiger partial charge is 0.353 e. The van der Waals surface area contributed by atoms with Crippen molar-refractivity contribution in [1.82, 2.24) is 14.9 Å². The summed E-state index contributed by atoms with van der Waals surface area (Å²) < 4.78 is 0. The molecule has 0 spiro atoms. The summed E-state index contributed by atoms with van der Waals surface area (Å²) in [5, 5.41) is 1.28. The molecule has 3 rings (SSSR count). The standard InChI is InChI=1S/C25H34Cl2N4O/c1-16(2)12-23-28-18(5)21(14-19-6-7-20(26)15-22(19)27)25(29-23)31-10-8-30(9-11-31)24(32)13-17(3)4/h6-7,15-17H,8-14H2,1-5H3. The van der Waals surface area contributed by atoms with Crippen LogP contribution in [0.3, 0.4) is 0 Å². The Kier molecular flexibility index (Phi) is 8.40. The molecule has 174 valence electrons. The lowest BCUT2D eigenvalue weighted by Gasteiger charge is -2.37. The maximum absolute atomic E-state index is 12.5. The number of piperazine rings is 1. The van der Waals surface area contributed by atoms with Crippen LogP contribution in [0.25, 0.3) is 0 Å². The molecule has 5 nitrogen and oxygen atoms in total. The molecule has 0 N–H and O–H groups in total. The van der Waals surface area contributed by atoms with E-state index in [1.807, 2.05) is 17.0 Å². The van der Waals surface area contributed by atoms with Crippen molar-refractivity contribution < 1.29 is 4.79 Å². The van der Waals surface area contributed by atoms with Gasteiger partial charge < -0.3 is 9.80 Å². The topological polar surface area (TPSA) is 49.3 Å². The summed E-state index contributed by atoms with van der Waals surface area (Å²) in [7, 11) is 0. The zero-order valence-electron chi connectivity index (χ0n) is 19.8. The van der Waals surface area contributed by atoms with Crippen molar-refractivity contribution in [2.24, 2.45) is 11.8 Å². The molecule has 0 saturated carbocycles. The summed E-state index contributed by atoms with van der Waals surface area (Å²) in [6.07, 6.45) is 2.08. The van der Waals surface area contributed by atoms with Crippen LogP contribution in [0.4, 0.5) is 5.82 Å². The average molecular weight is 477 g/mol. The van der Waals surface area contributed by atoms with Gasteiger partial charge >= 0.3 is 0 Å². The maximum Gasteiger partial charge on any atom is 0.222 e. The Labute approximate surface area is 202 Å². The van der Waals surface area contributed by atoms with E-state index in [-0.39, 0.29) is 5.91 Å². The first-order valence-corrected chi connectivity index (χ1v) is 12.2. The normalized spacial score (nSPS) is 14.5. The van der Waals surface area contributed by atoms with E-state index in [2.05, 4.69) is 39.5 Å². The number of hydrogen-bond donors (Lipinski definition) is 0. The number of anilines is 1. The van der Waals surface area contributed by atoms with E-state index in [4.69, 9.17) is 33.2 Å². The van der Waals surface area contributed by atoms with Gasteiger partial charge in [-0.2, -0.15) is 0 Å². The highest BCUT2D eigenvalue weighted by molar-refractivity contribution is 6.35. The fourth-order valence-electron chi connectivity index (χ4n) is 4.06. The molecule has 1 aromatic carbocycles. The van der Waals surface area contributed by atoms with Crippen LogP contribution in [-0.4, -0.2) is 47.0 Å². The van der Waals surface area contributed by atoms with Gasteiger partial charge in [0.15, 0.2) is 0 Å². The summed E-state index contributed by atoms with van der Waals surface area (Å²) in [4.78, 5) is 26.6. The third kappa shape index (κ3) is 6.35. The molecule has 2 heterocycles. The maximum atomic E-state index is 12.5. The molecule has 1 aliphatic rings. The lowest BCUT2D eigenvalue weighted by molar-refractivity contribution is -0.132. The SMILES string of the molecule is Cc1nc(CC(C)C)nc(N2CCN(C(=O)CC(C)C)CC2)c1Cc1ccc(Cl)cc1Cl. The predicted octanol–water partition coefficient (Wildman–Crippen LogP) is 5.58. The van der Waals surface area contributed by atoms with Gasteiger partial charge in [-0.25, -0.2) is 9.97 Å². The van der Waals surface area contributed by atoms with Crippen molar-refractivity contribution in [2.75, 3.05) is 31.1 Å². The van der Waals surface area contributed by atoms with Gasteiger partial charge in [0.2, 0.25) is 5.91 Å².